The number of nitrogens with one attached hydrogen (secondary N) is 1. The Kier molecular flexibility index (Phi) is 7.52. The van der Waals surface area contributed by atoms with Crippen LogP contribution in [0.5, 0.6) is 0 Å². The maximum absolute atomic E-state index is 13.1. The maximum Gasteiger partial charge on any atom is 0.283 e. The fraction of sp³-hybridized carbons (Fsp3) is 0.194. The molecule has 0 bridgehead atoms. The molecule has 4 aromatic rings. The molecular weight excluding hydrogens is 619 g/mol. The molecule has 1 aromatic heterocycles. The molecule has 0 spiro atoms. The predicted octanol–water partition coefficient (Wildman–Crippen LogP) is 6.93. The second kappa shape index (κ2) is 11.6. The van der Waals surface area contributed by atoms with E-state index in [-0.39, 0.29) is 35.2 Å². The Labute approximate surface area is 263 Å². The van der Waals surface area contributed by atoms with Gasteiger partial charge < -0.3 is 5.32 Å². The van der Waals surface area contributed by atoms with Gasteiger partial charge in [0.2, 0.25) is 11.8 Å². The number of thiazole rings is 1. The van der Waals surface area contributed by atoms with Gasteiger partial charge in [-0.05, 0) is 72.6 Å². The first-order valence-corrected chi connectivity index (χ1v) is 16.4. The zero-order valence-electron chi connectivity index (χ0n) is 23.0. The Morgan fingerprint density at radius 1 is 1.00 bits per heavy atom. The number of rotatable bonds is 6. The van der Waals surface area contributed by atoms with Crippen LogP contribution in [-0.4, -0.2) is 32.8 Å². The van der Waals surface area contributed by atoms with Gasteiger partial charge in [0.15, 0.2) is 9.51 Å². The van der Waals surface area contributed by atoms with Crippen LogP contribution in [0.3, 0.4) is 0 Å². The number of para-hydroxylation sites is 1. The lowest BCUT2D eigenvalue weighted by Gasteiger charge is -2.19. The summed E-state index contributed by atoms with van der Waals surface area (Å²) in [6.07, 6.45) is 5.03. The van der Waals surface area contributed by atoms with Crippen molar-refractivity contribution in [1.82, 2.24) is 10.3 Å². The lowest BCUT2D eigenvalue weighted by Crippen LogP contribution is -2.30. The van der Waals surface area contributed by atoms with Crippen molar-refractivity contribution in [2.24, 2.45) is 16.8 Å². The number of hydrogen-bond acceptors (Lipinski definition) is 10. The third-order valence-corrected chi connectivity index (χ3v) is 10.8. The van der Waals surface area contributed by atoms with Gasteiger partial charge in [-0.3, -0.25) is 29.4 Å². The molecule has 1 N–H and O–H groups in total. The van der Waals surface area contributed by atoms with Crippen molar-refractivity contribution in [3.8, 4) is 0 Å². The molecule has 220 valence electrons. The van der Waals surface area contributed by atoms with Crippen molar-refractivity contribution < 1.29 is 19.3 Å². The minimum Gasteiger partial charge on any atom is -0.300 e. The van der Waals surface area contributed by atoms with E-state index in [1.807, 2.05) is 30.3 Å². The number of amidine groups is 1. The number of fused-ring (bicyclic) bond motifs is 2. The number of amides is 3. The summed E-state index contributed by atoms with van der Waals surface area (Å²) in [6.45, 7) is 0. The van der Waals surface area contributed by atoms with Crippen LogP contribution in [0, 0.1) is 22.0 Å². The second-order valence-electron chi connectivity index (χ2n) is 10.5. The van der Waals surface area contributed by atoms with Crippen LogP contribution in [0.25, 0.3) is 16.3 Å². The van der Waals surface area contributed by atoms with Crippen molar-refractivity contribution in [2.75, 3.05) is 4.90 Å². The highest BCUT2D eigenvalue weighted by Crippen LogP contribution is 2.43. The molecule has 3 fully saturated rings. The summed E-state index contributed by atoms with van der Waals surface area (Å²) in [7, 11) is 0. The Balaban J connectivity index is 1.12. The Hall–Kier alpha value is -4.33. The van der Waals surface area contributed by atoms with Gasteiger partial charge in [0.25, 0.3) is 11.6 Å². The monoisotopic (exact) mass is 641 g/mol. The van der Waals surface area contributed by atoms with Gasteiger partial charge in [-0.2, -0.15) is 0 Å². The number of nitro benzene ring substituents is 1. The molecule has 1 saturated carbocycles. The summed E-state index contributed by atoms with van der Waals surface area (Å²) in [4.78, 5) is 61.4. The van der Waals surface area contributed by atoms with Gasteiger partial charge in [-0.1, -0.05) is 48.9 Å². The van der Waals surface area contributed by atoms with E-state index < -0.39 is 4.92 Å². The quantitative estimate of drug-likeness (QED) is 0.104. The summed E-state index contributed by atoms with van der Waals surface area (Å²) < 4.78 is 1.37. The SMILES string of the molecule is O=C1NC(=Nc2ccccc2)S/C1=C\c1ccc(Sc2nc3ccc(N4C(=O)[C@H]5CCCC[C@H]5C4=O)cc3s2)c([N+](=O)[O-])c1. The first-order valence-electron chi connectivity index (χ1n) is 13.9. The topological polar surface area (TPSA) is 135 Å². The van der Waals surface area contributed by atoms with E-state index in [9.17, 15) is 24.5 Å². The van der Waals surface area contributed by atoms with Crippen LogP contribution in [0.2, 0.25) is 0 Å². The molecule has 3 aromatic carbocycles. The summed E-state index contributed by atoms with van der Waals surface area (Å²) in [6, 6.07) is 19.3. The minimum absolute atomic E-state index is 0.109. The highest BCUT2D eigenvalue weighted by Gasteiger charge is 2.48. The molecule has 0 radical (unpaired) electrons. The largest absolute Gasteiger partial charge is 0.300 e. The number of imide groups is 1. The smallest absolute Gasteiger partial charge is 0.283 e. The molecule has 3 aliphatic rings. The number of carbonyl (C=O) groups excluding carboxylic acids is 3. The van der Waals surface area contributed by atoms with Crippen LogP contribution in [0.4, 0.5) is 17.1 Å². The molecule has 0 unspecified atom stereocenters. The Bertz CT molecular complexity index is 1900. The number of benzene rings is 3. The van der Waals surface area contributed by atoms with Crippen LogP contribution in [0.15, 0.2) is 85.9 Å². The summed E-state index contributed by atoms with van der Waals surface area (Å²) in [5, 5.41) is 15.2. The standard InChI is InChI=1S/C31H23N5O5S3/c37-27-26(42-30(34-27)32-18-6-2-1-3-7-18)15-17-10-13-24(23(14-17)36(40)41)43-31-33-22-12-11-19(16-25(22)44-31)35-28(38)20-8-4-5-9-21(20)29(35)39/h1-3,6-7,10-16,20-21H,4-5,8-9H2,(H,32,34,37)/b26-15-/t20-,21+. The van der Waals surface area contributed by atoms with E-state index in [4.69, 9.17) is 0 Å². The molecule has 2 saturated heterocycles. The molecule has 3 amide bonds. The number of thioether (sulfide) groups is 1. The molecule has 10 nitrogen and oxygen atoms in total. The highest BCUT2D eigenvalue weighted by molar-refractivity contribution is 8.18. The van der Waals surface area contributed by atoms with Gasteiger partial charge in [0.05, 0.1) is 48.2 Å². The third-order valence-electron chi connectivity index (χ3n) is 7.76. The van der Waals surface area contributed by atoms with Crippen LogP contribution in [0.1, 0.15) is 31.2 Å². The third kappa shape index (κ3) is 5.42. The number of carbonyl (C=O) groups is 3. The van der Waals surface area contributed by atoms with Crippen LogP contribution in [-0.2, 0) is 14.4 Å². The van der Waals surface area contributed by atoms with Gasteiger partial charge in [0, 0.05) is 6.07 Å². The number of anilines is 1. The molecule has 3 heterocycles. The number of hydrogen-bond donors (Lipinski definition) is 1. The van der Waals surface area contributed by atoms with E-state index >= 15 is 0 Å². The minimum atomic E-state index is -0.454. The fourth-order valence-electron chi connectivity index (χ4n) is 5.69. The number of aromatic nitrogens is 1. The van der Waals surface area contributed by atoms with Crippen LogP contribution >= 0.6 is 34.9 Å². The van der Waals surface area contributed by atoms with Crippen molar-refractivity contribution in [1.29, 1.82) is 0 Å². The van der Waals surface area contributed by atoms with Gasteiger partial charge in [-0.25, -0.2) is 9.98 Å². The zero-order valence-corrected chi connectivity index (χ0v) is 25.4. The summed E-state index contributed by atoms with van der Waals surface area (Å²) in [5.41, 5.74) is 2.32. The average Bonchev–Trinajstić information content (AvgIpc) is 3.66. The summed E-state index contributed by atoms with van der Waals surface area (Å²) in [5.74, 6) is -1.04. The van der Waals surface area contributed by atoms with Gasteiger partial charge in [0.1, 0.15) is 0 Å². The number of nitro groups is 1. The van der Waals surface area contributed by atoms with Gasteiger partial charge in [-0.15, -0.1) is 11.3 Å². The predicted molar refractivity (Wildman–Crippen MR) is 172 cm³/mol. The average molecular weight is 642 g/mol. The van der Waals surface area contributed by atoms with E-state index in [0.717, 1.165) is 30.4 Å². The van der Waals surface area contributed by atoms with Gasteiger partial charge >= 0.3 is 0 Å². The van der Waals surface area contributed by atoms with E-state index in [2.05, 4.69) is 15.3 Å². The Morgan fingerprint density at radius 3 is 2.48 bits per heavy atom. The second-order valence-corrected chi connectivity index (χ2v) is 13.9. The maximum atomic E-state index is 13.1. The van der Waals surface area contributed by atoms with Crippen molar-refractivity contribution in [2.45, 2.75) is 34.9 Å². The normalized spacial score (nSPS) is 21.8. The molecular formula is C31H23N5O5S3. The van der Waals surface area contributed by atoms with Crippen molar-refractivity contribution >= 4 is 91.1 Å². The molecule has 2 aliphatic heterocycles. The van der Waals surface area contributed by atoms with Crippen molar-refractivity contribution in [3.05, 3.63) is 87.3 Å². The first kappa shape index (κ1) is 28.4. The Morgan fingerprint density at radius 2 is 1.75 bits per heavy atom. The van der Waals surface area contributed by atoms with Crippen LogP contribution < -0.4 is 10.2 Å². The van der Waals surface area contributed by atoms with Crippen molar-refractivity contribution in [3.63, 3.8) is 0 Å². The first-order chi connectivity index (χ1) is 21.3. The molecule has 44 heavy (non-hydrogen) atoms. The molecule has 2 atom stereocenters. The molecule has 7 rings (SSSR count). The fourth-order valence-corrected chi connectivity index (χ4v) is 8.67. The number of nitrogens with zero attached hydrogens (tertiary/aromatic N) is 4. The lowest BCUT2D eigenvalue weighted by molar-refractivity contribution is -0.387. The highest BCUT2D eigenvalue weighted by atomic mass is 32.2. The van der Waals surface area contributed by atoms with E-state index in [1.54, 1.807) is 36.4 Å². The molecule has 13 heteroatoms. The lowest BCUT2D eigenvalue weighted by atomic mass is 9.81. The zero-order chi connectivity index (χ0) is 30.4. The number of aliphatic imine (C=N–C) groups is 1. The summed E-state index contributed by atoms with van der Waals surface area (Å²) >= 11 is 3.68. The molecule has 1 aliphatic carbocycles. The van der Waals surface area contributed by atoms with E-state index in [0.29, 0.717) is 41.8 Å². The van der Waals surface area contributed by atoms with E-state index in [1.165, 1.54) is 45.8 Å².